The van der Waals surface area contributed by atoms with Gasteiger partial charge in [-0.2, -0.15) is 0 Å². The van der Waals surface area contributed by atoms with E-state index in [-0.39, 0.29) is 11.8 Å². The smallest absolute Gasteiger partial charge is 0.167 e. The molecular weight excluding hydrogens is 231 g/mol. The van der Waals surface area contributed by atoms with E-state index in [1.165, 1.54) is 13.2 Å². The number of hydrogen-bond donors (Lipinski definition) is 2. The Hall–Kier alpha value is -1.45. The zero-order valence-electron chi connectivity index (χ0n) is 11.6. The molecule has 1 rings (SSSR count). The van der Waals surface area contributed by atoms with Gasteiger partial charge in [-0.15, -0.1) is 0 Å². The van der Waals surface area contributed by atoms with Crippen molar-refractivity contribution in [2.45, 2.75) is 39.7 Å². The number of nitrogens with two attached hydrogens (primary N) is 1. The zero-order valence-corrected chi connectivity index (χ0v) is 11.6. The Bertz CT molecular complexity index is 396. The summed E-state index contributed by atoms with van der Waals surface area (Å²) in [6.45, 7) is 6.49. The minimum atomic E-state index is -0.435. The van der Waals surface area contributed by atoms with Gasteiger partial charge in [0.2, 0.25) is 0 Å². The summed E-state index contributed by atoms with van der Waals surface area (Å²) in [5.74, 6) is 0.425. The lowest BCUT2D eigenvalue weighted by atomic mass is 10.00. The predicted octanol–water partition coefficient (Wildman–Crippen LogP) is 3.65. The number of halogens is 1. The van der Waals surface area contributed by atoms with Crippen molar-refractivity contribution >= 4 is 11.4 Å². The molecule has 3 N–H and O–H groups in total. The molecule has 102 valence electrons. The molecule has 18 heavy (non-hydrogen) atoms. The van der Waals surface area contributed by atoms with Crippen molar-refractivity contribution in [3.8, 4) is 5.75 Å². The van der Waals surface area contributed by atoms with E-state index in [1.54, 1.807) is 6.07 Å². The Labute approximate surface area is 109 Å². The fraction of sp³-hybridized carbons (Fsp3) is 0.571. The van der Waals surface area contributed by atoms with Crippen LogP contribution in [0.25, 0.3) is 0 Å². The molecule has 0 aliphatic heterocycles. The van der Waals surface area contributed by atoms with Crippen LogP contribution in [0.4, 0.5) is 15.8 Å². The van der Waals surface area contributed by atoms with E-state index in [1.807, 2.05) is 0 Å². The van der Waals surface area contributed by atoms with E-state index in [2.05, 4.69) is 26.1 Å². The van der Waals surface area contributed by atoms with E-state index in [9.17, 15) is 4.39 Å². The van der Waals surface area contributed by atoms with Crippen LogP contribution in [0.3, 0.4) is 0 Å². The Kier molecular flexibility index (Phi) is 5.25. The molecule has 0 fully saturated rings. The molecule has 1 aromatic carbocycles. The highest BCUT2D eigenvalue weighted by Crippen LogP contribution is 2.29. The van der Waals surface area contributed by atoms with E-state index >= 15 is 0 Å². The van der Waals surface area contributed by atoms with Crippen molar-refractivity contribution in [1.29, 1.82) is 0 Å². The lowest BCUT2D eigenvalue weighted by Gasteiger charge is -2.20. The third kappa shape index (κ3) is 3.79. The summed E-state index contributed by atoms with van der Waals surface area (Å²) < 4.78 is 18.4. The van der Waals surface area contributed by atoms with Crippen LogP contribution in [0.15, 0.2) is 12.1 Å². The third-order valence-electron chi connectivity index (χ3n) is 3.18. The van der Waals surface area contributed by atoms with E-state index < -0.39 is 5.82 Å². The number of benzene rings is 1. The van der Waals surface area contributed by atoms with Crippen LogP contribution in [0, 0.1) is 11.7 Å². The van der Waals surface area contributed by atoms with Gasteiger partial charge < -0.3 is 15.8 Å². The summed E-state index contributed by atoms with van der Waals surface area (Å²) in [7, 11) is 1.45. The normalized spacial score (nSPS) is 14.1. The van der Waals surface area contributed by atoms with E-state index in [0.29, 0.717) is 11.6 Å². The number of nitrogen functional groups attached to an aromatic ring is 1. The highest BCUT2D eigenvalue weighted by atomic mass is 19.1. The first kappa shape index (κ1) is 14.6. The highest BCUT2D eigenvalue weighted by Gasteiger charge is 2.12. The fourth-order valence-electron chi connectivity index (χ4n) is 1.94. The first-order chi connectivity index (χ1) is 8.47. The molecule has 0 heterocycles. The monoisotopic (exact) mass is 254 g/mol. The molecule has 0 spiro atoms. The standard InChI is InChI=1S/C14H23FN2O/c1-5-9(2)6-10(3)17-13-8-14(18-4)11(15)7-12(13)16/h7-10,17H,5-6,16H2,1-4H3. The van der Waals surface area contributed by atoms with Crippen LogP contribution in [-0.4, -0.2) is 13.2 Å². The van der Waals surface area contributed by atoms with Crippen molar-refractivity contribution in [2.24, 2.45) is 5.92 Å². The van der Waals surface area contributed by atoms with Crippen LogP contribution in [0.1, 0.15) is 33.6 Å². The van der Waals surface area contributed by atoms with Gasteiger partial charge in [0.15, 0.2) is 11.6 Å². The summed E-state index contributed by atoms with van der Waals surface area (Å²) >= 11 is 0. The second kappa shape index (κ2) is 6.47. The van der Waals surface area contributed by atoms with Gasteiger partial charge in [-0.3, -0.25) is 0 Å². The van der Waals surface area contributed by atoms with Gasteiger partial charge in [-0.25, -0.2) is 4.39 Å². The fourth-order valence-corrected chi connectivity index (χ4v) is 1.94. The maximum absolute atomic E-state index is 13.4. The lowest BCUT2D eigenvalue weighted by molar-refractivity contribution is 0.387. The van der Waals surface area contributed by atoms with Crippen LogP contribution < -0.4 is 15.8 Å². The molecule has 0 aliphatic carbocycles. The minimum absolute atomic E-state index is 0.211. The predicted molar refractivity (Wildman–Crippen MR) is 74.5 cm³/mol. The van der Waals surface area contributed by atoms with Gasteiger partial charge in [-0.05, 0) is 19.3 Å². The Morgan fingerprint density at radius 1 is 1.39 bits per heavy atom. The lowest BCUT2D eigenvalue weighted by Crippen LogP contribution is -2.19. The number of ether oxygens (including phenoxy) is 1. The molecule has 0 bridgehead atoms. The molecule has 0 radical (unpaired) electrons. The molecule has 0 saturated heterocycles. The molecule has 3 nitrogen and oxygen atoms in total. The average Bonchev–Trinajstić information content (AvgIpc) is 2.32. The number of hydrogen-bond acceptors (Lipinski definition) is 3. The zero-order chi connectivity index (χ0) is 13.7. The summed E-state index contributed by atoms with van der Waals surface area (Å²) in [6.07, 6.45) is 2.20. The summed E-state index contributed by atoms with van der Waals surface area (Å²) in [5.41, 5.74) is 6.93. The number of methoxy groups -OCH3 is 1. The molecule has 0 aliphatic rings. The maximum atomic E-state index is 13.4. The molecule has 0 aromatic heterocycles. The first-order valence-electron chi connectivity index (χ1n) is 6.37. The first-order valence-corrected chi connectivity index (χ1v) is 6.37. The minimum Gasteiger partial charge on any atom is -0.494 e. The van der Waals surface area contributed by atoms with Crippen molar-refractivity contribution in [3.05, 3.63) is 17.9 Å². The largest absolute Gasteiger partial charge is 0.494 e. The Morgan fingerprint density at radius 2 is 2.06 bits per heavy atom. The summed E-state index contributed by atoms with van der Waals surface area (Å²) in [6, 6.07) is 3.19. The molecule has 0 saturated carbocycles. The van der Waals surface area contributed by atoms with Crippen molar-refractivity contribution < 1.29 is 9.13 Å². The Balaban J connectivity index is 2.77. The maximum Gasteiger partial charge on any atom is 0.167 e. The van der Waals surface area contributed by atoms with Gasteiger partial charge >= 0.3 is 0 Å². The van der Waals surface area contributed by atoms with Crippen LogP contribution in [0.5, 0.6) is 5.75 Å². The highest BCUT2D eigenvalue weighted by molar-refractivity contribution is 5.68. The average molecular weight is 254 g/mol. The van der Waals surface area contributed by atoms with Gasteiger partial charge in [-0.1, -0.05) is 20.3 Å². The van der Waals surface area contributed by atoms with Crippen molar-refractivity contribution in [1.82, 2.24) is 0 Å². The SMILES string of the molecule is CCC(C)CC(C)Nc1cc(OC)c(F)cc1N. The second-order valence-corrected chi connectivity index (χ2v) is 4.87. The number of nitrogens with one attached hydrogen (secondary N) is 1. The van der Waals surface area contributed by atoms with Crippen molar-refractivity contribution in [3.63, 3.8) is 0 Å². The summed E-state index contributed by atoms with van der Waals surface area (Å²) in [5, 5.41) is 3.31. The molecule has 0 amide bonds. The van der Waals surface area contributed by atoms with Crippen LogP contribution in [-0.2, 0) is 0 Å². The van der Waals surface area contributed by atoms with Crippen molar-refractivity contribution in [2.75, 3.05) is 18.2 Å². The topological polar surface area (TPSA) is 47.3 Å². The molecule has 4 heteroatoms. The number of rotatable bonds is 6. The van der Waals surface area contributed by atoms with Gasteiger partial charge in [0.25, 0.3) is 0 Å². The molecule has 2 atom stereocenters. The van der Waals surface area contributed by atoms with Gasteiger partial charge in [0.1, 0.15) is 0 Å². The summed E-state index contributed by atoms with van der Waals surface area (Å²) in [4.78, 5) is 0. The molecule has 1 aromatic rings. The molecule has 2 unspecified atom stereocenters. The molecular formula is C14H23FN2O. The van der Waals surface area contributed by atoms with E-state index in [4.69, 9.17) is 10.5 Å². The van der Waals surface area contributed by atoms with E-state index in [0.717, 1.165) is 18.5 Å². The Morgan fingerprint density at radius 3 is 2.61 bits per heavy atom. The quantitative estimate of drug-likeness (QED) is 0.762. The third-order valence-corrected chi connectivity index (χ3v) is 3.18. The number of anilines is 2. The van der Waals surface area contributed by atoms with Crippen LogP contribution in [0.2, 0.25) is 0 Å². The van der Waals surface area contributed by atoms with Gasteiger partial charge in [0, 0.05) is 18.2 Å². The van der Waals surface area contributed by atoms with Gasteiger partial charge in [0.05, 0.1) is 18.5 Å². The van der Waals surface area contributed by atoms with Crippen LogP contribution >= 0.6 is 0 Å². The second-order valence-electron chi connectivity index (χ2n) is 4.87.